The van der Waals surface area contributed by atoms with Crippen LogP contribution in [0.1, 0.15) is 0 Å². The van der Waals surface area contributed by atoms with Crippen LogP contribution in [0.15, 0.2) is 36.7 Å². The van der Waals surface area contributed by atoms with Gasteiger partial charge in [0.2, 0.25) is 0 Å². The van der Waals surface area contributed by atoms with Crippen LogP contribution in [0.25, 0.3) is 32.6 Å². The van der Waals surface area contributed by atoms with Crippen molar-refractivity contribution >= 4 is 32.6 Å². The molecule has 4 heteroatoms. The minimum Gasteiger partial charge on any atom is -0.308 e. The summed E-state index contributed by atoms with van der Waals surface area (Å²) in [6.07, 6.45) is 3.76. The van der Waals surface area contributed by atoms with Gasteiger partial charge in [0.25, 0.3) is 0 Å². The summed E-state index contributed by atoms with van der Waals surface area (Å²) >= 11 is 0. The SMILES string of the molecule is c1cc2[nH][nH]cc3ccc4nncc1c4c32. The highest BCUT2D eigenvalue weighted by Gasteiger charge is 2.08. The van der Waals surface area contributed by atoms with Gasteiger partial charge < -0.3 is 10.2 Å². The van der Waals surface area contributed by atoms with Crippen LogP contribution in [0.4, 0.5) is 0 Å². The van der Waals surface area contributed by atoms with Gasteiger partial charge in [0.15, 0.2) is 0 Å². The average molecular weight is 208 g/mol. The summed E-state index contributed by atoms with van der Waals surface area (Å²) in [5.41, 5.74) is 2.03. The summed E-state index contributed by atoms with van der Waals surface area (Å²) in [4.78, 5) is 0. The molecular weight excluding hydrogens is 200 g/mol. The molecule has 76 valence electrons. The van der Waals surface area contributed by atoms with Crippen molar-refractivity contribution in [2.75, 3.05) is 0 Å². The summed E-state index contributed by atoms with van der Waals surface area (Å²) < 4.78 is 0. The molecule has 0 bridgehead atoms. The van der Waals surface area contributed by atoms with E-state index in [1.54, 1.807) is 6.20 Å². The summed E-state index contributed by atoms with van der Waals surface area (Å²) in [7, 11) is 0. The quantitative estimate of drug-likeness (QED) is 0.436. The van der Waals surface area contributed by atoms with Crippen molar-refractivity contribution in [3.8, 4) is 0 Å². The Labute approximate surface area is 90.3 Å². The molecule has 0 radical (unpaired) electrons. The molecule has 0 aliphatic rings. The zero-order valence-electron chi connectivity index (χ0n) is 8.36. The van der Waals surface area contributed by atoms with Crippen LogP contribution in [0.2, 0.25) is 0 Å². The van der Waals surface area contributed by atoms with Crippen molar-refractivity contribution in [2.45, 2.75) is 0 Å². The topological polar surface area (TPSA) is 57.4 Å². The highest BCUT2D eigenvalue weighted by Crippen LogP contribution is 2.30. The van der Waals surface area contributed by atoms with E-state index < -0.39 is 0 Å². The number of aromatic amines is 2. The maximum Gasteiger partial charge on any atom is 0.0942 e. The fourth-order valence-corrected chi connectivity index (χ4v) is 2.29. The van der Waals surface area contributed by atoms with Crippen LogP contribution >= 0.6 is 0 Å². The molecule has 2 N–H and O–H groups in total. The van der Waals surface area contributed by atoms with Gasteiger partial charge in [-0.3, -0.25) is 0 Å². The van der Waals surface area contributed by atoms with Gasteiger partial charge in [0, 0.05) is 27.7 Å². The summed E-state index contributed by atoms with van der Waals surface area (Å²) in [5, 5.41) is 19.0. The first-order chi connectivity index (χ1) is 7.93. The zero-order valence-corrected chi connectivity index (χ0v) is 8.36. The molecule has 0 aliphatic heterocycles. The lowest BCUT2D eigenvalue weighted by atomic mass is 10.0. The zero-order chi connectivity index (χ0) is 10.5. The van der Waals surface area contributed by atoms with E-state index in [9.17, 15) is 0 Å². The van der Waals surface area contributed by atoms with Gasteiger partial charge >= 0.3 is 0 Å². The van der Waals surface area contributed by atoms with Gasteiger partial charge in [-0.15, -0.1) is 0 Å². The van der Waals surface area contributed by atoms with Gasteiger partial charge in [-0.2, -0.15) is 10.2 Å². The predicted octanol–water partition coefficient (Wildman–Crippen LogP) is 2.59. The molecular formula is C12H8N4. The Morgan fingerprint density at radius 1 is 0.938 bits per heavy atom. The molecule has 4 aromatic rings. The van der Waals surface area contributed by atoms with E-state index in [4.69, 9.17) is 0 Å². The molecule has 2 heterocycles. The lowest BCUT2D eigenvalue weighted by molar-refractivity contribution is 1.08. The third kappa shape index (κ3) is 0.839. The second-order valence-electron chi connectivity index (χ2n) is 3.88. The van der Waals surface area contributed by atoms with Crippen LogP contribution in [0, 0.1) is 0 Å². The largest absolute Gasteiger partial charge is 0.308 e. The van der Waals surface area contributed by atoms with Crippen LogP contribution in [-0.2, 0) is 0 Å². The van der Waals surface area contributed by atoms with Gasteiger partial charge in [-0.05, 0) is 12.1 Å². The first kappa shape index (κ1) is 7.87. The number of hydrogen-bond donors (Lipinski definition) is 2. The number of H-pyrrole nitrogens is 2. The van der Waals surface area contributed by atoms with E-state index in [-0.39, 0.29) is 0 Å². The van der Waals surface area contributed by atoms with Gasteiger partial charge in [-0.25, -0.2) is 0 Å². The number of nitrogens with zero attached hydrogens (tertiary/aromatic N) is 2. The van der Waals surface area contributed by atoms with E-state index >= 15 is 0 Å². The molecule has 0 saturated carbocycles. The molecule has 0 unspecified atom stereocenters. The molecule has 4 nitrogen and oxygen atoms in total. The Balaban J connectivity index is 2.51. The molecule has 0 spiro atoms. The number of nitrogens with one attached hydrogen (secondary N) is 2. The first-order valence-electron chi connectivity index (χ1n) is 5.12. The summed E-state index contributed by atoms with van der Waals surface area (Å²) in [6.45, 7) is 0. The normalized spacial score (nSPS) is 11.8. The highest BCUT2D eigenvalue weighted by molar-refractivity contribution is 6.20. The standard InChI is InChI=1S/C12H8N4/c1-3-9-12-8(6-14-15-9)2-4-10-11(12)7(1)5-13-16-10/h1-6,13,16H. The van der Waals surface area contributed by atoms with Crippen LogP contribution in [0.3, 0.4) is 0 Å². The average Bonchev–Trinajstić information content (AvgIpc) is 2.36. The first-order valence-corrected chi connectivity index (χ1v) is 5.12. The number of aromatic nitrogens is 4. The van der Waals surface area contributed by atoms with E-state index in [1.165, 1.54) is 16.2 Å². The molecule has 0 aliphatic carbocycles. The Morgan fingerprint density at radius 2 is 1.88 bits per heavy atom. The smallest absolute Gasteiger partial charge is 0.0942 e. The third-order valence-electron chi connectivity index (χ3n) is 3.00. The van der Waals surface area contributed by atoms with Crippen molar-refractivity contribution in [1.82, 2.24) is 20.4 Å². The highest BCUT2D eigenvalue weighted by atomic mass is 15.1. The maximum absolute atomic E-state index is 4.16. The van der Waals surface area contributed by atoms with E-state index in [1.807, 2.05) is 12.3 Å². The van der Waals surface area contributed by atoms with Gasteiger partial charge in [0.1, 0.15) is 0 Å². The third-order valence-corrected chi connectivity index (χ3v) is 3.00. The molecule has 0 saturated heterocycles. The number of hydrogen-bond acceptors (Lipinski definition) is 2. The fourth-order valence-electron chi connectivity index (χ4n) is 2.29. The summed E-state index contributed by atoms with van der Waals surface area (Å²) in [6, 6.07) is 8.18. The molecule has 0 amide bonds. The van der Waals surface area contributed by atoms with E-state index in [0.717, 1.165) is 16.4 Å². The molecule has 2 aromatic carbocycles. The lowest BCUT2D eigenvalue weighted by Crippen LogP contribution is -1.91. The Morgan fingerprint density at radius 3 is 2.88 bits per heavy atom. The second-order valence-corrected chi connectivity index (χ2v) is 3.88. The van der Waals surface area contributed by atoms with Gasteiger partial charge in [0.05, 0.1) is 17.2 Å². The molecule has 0 atom stereocenters. The molecule has 0 fully saturated rings. The minimum atomic E-state index is 0.940. The van der Waals surface area contributed by atoms with Gasteiger partial charge in [-0.1, -0.05) is 12.1 Å². The Hall–Kier alpha value is -2.36. The predicted molar refractivity (Wildman–Crippen MR) is 63.3 cm³/mol. The second kappa shape index (κ2) is 2.61. The molecule has 16 heavy (non-hydrogen) atoms. The lowest BCUT2D eigenvalue weighted by Gasteiger charge is -2.08. The van der Waals surface area contributed by atoms with E-state index in [2.05, 4.69) is 38.6 Å². The van der Waals surface area contributed by atoms with Crippen molar-refractivity contribution < 1.29 is 0 Å². The maximum atomic E-state index is 4.16. The number of benzene rings is 2. The van der Waals surface area contributed by atoms with Crippen LogP contribution < -0.4 is 0 Å². The van der Waals surface area contributed by atoms with Crippen LogP contribution in [0.5, 0.6) is 0 Å². The van der Waals surface area contributed by atoms with Crippen molar-refractivity contribution in [3.63, 3.8) is 0 Å². The van der Waals surface area contributed by atoms with Crippen molar-refractivity contribution in [3.05, 3.63) is 36.7 Å². The molecule has 4 rings (SSSR count). The van der Waals surface area contributed by atoms with Crippen LogP contribution in [-0.4, -0.2) is 20.4 Å². The fraction of sp³-hybridized carbons (Fsp3) is 0. The minimum absolute atomic E-state index is 0.940. The summed E-state index contributed by atoms with van der Waals surface area (Å²) in [5.74, 6) is 0. The van der Waals surface area contributed by atoms with Crippen molar-refractivity contribution in [1.29, 1.82) is 0 Å². The molecule has 2 aromatic heterocycles. The Kier molecular flexibility index (Phi) is 1.28. The van der Waals surface area contributed by atoms with E-state index in [0.29, 0.717) is 0 Å². The monoisotopic (exact) mass is 208 g/mol. The number of rotatable bonds is 0. The Bertz CT molecular complexity index is 680. The van der Waals surface area contributed by atoms with Crippen molar-refractivity contribution in [2.24, 2.45) is 0 Å².